The zero-order valence-corrected chi connectivity index (χ0v) is 12.0. The summed E-state index contributed by atoms with van der Waals surface area (Å²) >= 11 is 0. The summed E-state index contributed by atoms with van der Waals surface area (Å²) in [6.45, 7) is 0. The van der Waals surface area contributed by atoms with Crippen molar-refractivity contribution in [1.82, 2.24) is 9.55 Å². The molecule has 4 rings (SSSR count). The van der Waals surface area contributed by atoms with Crippen molar-refractivity contribution in [1.29, 1.82) is 5.26 Å². The maximum Gasteiger partial charge on any atom is 0.281 e. The topological polar surface area (TPSA) is 78.9 Å². The summed E-state index contributed by atoms with van der Waals surface area (Å²) in [4.78, 5) is 16.2. The predicted molar refractivity (Wildman–Crippen MR) is 85.7 cm³/mol. The lowest BCUT2D eigenvalue weighted by molar-refractivity contribution is 0.365. The zero-order chi connectivity index (χ0) is 16.0. The molecular formula is C18H11N3O2. The van der Waals surface area contributed by atoms with Crippen LogP contribution < -0.4 is 5.56 Å². The van der Waals surface area contributed by atoms with Crippen molar-refractivity contribution < 1.29 is 5.11 Å². The molecule has 0 radical (unpaired) electrons. The number of rotatable bonds is 1. The molecule has 1 aromatic heterocycles. The number of aliphatic hydroxyl groups excluding tert-OH is 1. The number of fused-ring (bicyclic) bond motifs is 3. The number of nitriles is 1. The molecule has 1 aliphatic heterocycles. The Kier molecular flexibility index (Phi) is 2.78. The van der Waals surface area contributed by atoms with E-state index >= 15 is 0 Å². The monoisotopic (exact) mass is 301 g/mol. The molecule has 1 N–H and O–H groups in total. The van der Waals surface area contributed by atoms with E-state index in [4.69, 9.17) is 0 Å². The molecule has 0 aliphatic carbocycles. The minimum absolute atomic E-state index is 0.0432. The molecule has 5 heteroatoms. The van der Waals surface area contributed by atoms with E-state index in [1.807, 2.05) is 42.5 Å². The molecule has 0 spiro atoms. The van der Waals surface area contributed by atoms with E-state index in [-0.39, 0.29) is 17.2 Å². The third-order valence-electron chi connectivity index (χ3n) is 4.05. The minimum atomic E-state index is -0.557. The molecule has 0 saturated carbocycles. The number of allylic oxidation sites excluding steroid dienone is 2. The Bertz CT molecular complexity index is 1060. The average molecular weight is 301 g/mol. The van der Waals surface area contributed by atoms with Crippen LogP contribution in [0.1, 0.15) is 17.4 Å². The van der Waals surface area contributed by atoms with Crippen LogP contribution in [0.3, 0.4) is 0 Å². The van der Waals surface area contributed by atoms with Crippen molar-refractivity contribution in [3.8, 4) is 6.07 Å². The van der Waals surface area contributed by atoms with Gasteiger partial charge in [0.25, 0.3) is 5.56 Å². The molecule has 2 aromatic carbocycles. The van der Waals surface area contributed by atoms with Gasteiger partial charge < -0.3 is 9.67 Å². The van der Waals surface area contributed by atoms with Gasteiger partial charge in [-0.2, -0.15) is 10.2 Å². The summed E-state index contributed by atoms with van der Waals surface area (Å²) in [6.07, 6.45) is 0. The molecule has 1 atom stereocenters. The Morgan fingerprint density at radius 1 is 1.09 bits per heavy atom. The molecule has 3 aromatic rings. The highest BCUT2D eigenvalue weighted by molar-refractivity contribution is 5.86. The maximum absolute atomic E-state index is 12.2. The SMILES string of the molecule is N#CC1=C(O)[C@@H](c2ccccc2)n2c1nc(=O)c1ccccc12. The first-order valence-corrected chi connectivity index (χ1v) is 7.12. The second-order valence-corrected chi connectivity index (χ2v) is 5.31. The third kappa shape index (κ3) is 1.79. The quantitative estimate of drug-likeness (QED) is 0.749. The van der Waals surface area contributed by atoms with Crippen molar-refractivity contribution in [2.45, 2.75) is 6.04 Å². The number of nitrogens with zero attached hydrogens (tertiary/aromatic N) is 3. The van der Waals surface area contributed by atoms with Crippen LogP contribution in [0.5, 0.6) is 0 Å². The molecule has 23 heavy (non-hydrogen) atoms. The van der Waals surface area contributed by atoms with Gasteiger partial charge >= 0.3 is 0 Å². The van der Waals surface area contributed by atoms with Crippen LogP contribution in [0.15, 0.2) is 65.2 Å². The number of aromatic nitrogens is 2. The molecule has 0 bridgehead atoms. The molecule has 0 amide bonds. The van der Waals surface area contributed by atoms with Gasteiger partial charge in [-0.15, -0.1) is 0 Å². The fourth-order valence-corrected chi connectivity index (χ4v) is 3.05. The summed E-state index contributed by atoms with van der Waals surface area (Å²) in [7, 11) is 0. The van der Waals surface area contributed by atoms with Gasteiger partial charge in [-0.3, -0.25) is 4.79 Å². The van der Waals surface area contributed by atoms with Crippen LogP contribution in [-0.4, -0.2) is 14.7 Å². The van der Waals surface area contributed by atoms with Gasteiger partial charge in [0.2, 0.25) is 0 Å². The van der Waals surface area contributed by atoms with Crippen molar-refractivity contribution in [3.05, 3.63) is 82.1 Å². The highest BCUT2D eigenvalue weighted by Crippen LogP contribution is 2.39. The van der Waals surface area contributed by atoms with Gasteiger partial charge in [0.05, 0.1) is 10.9 Å². The predicted octanol–water partition coefficient (Wildman–Crippen LogP) is 2.79. The molecule has 1 aliphatic rings. The molecule has 110 valence electrons. The Labute approximate surface area is 131 Å². The van der Waals surface area contributed by atoms with E-state index in [1.54, 1.807) is 22.8 Å². The maximum atomic E-state index is 12.2. The van der Waals surface area contributed by atoms with Crippen molar-refractivity contribution in [2.75, 3.05) is 0 Å². The van der Waals surface area contributed by atoms with E-state index in [0.717, 1.165) is 5.56 Å². The Balaban J connectivity index is 2.14. The van der Waals surface area contributed by atoms with Crippen LogP contribution in [0.25, 0.3) is 16.5 Å². The fourth-order valence-electron chi connectivity index (χ4n) is 3.05. The van der Waals surface area contributed by atoms with Gasteiger partial charge in [-0.25, -0.2) is 0 Å². The van der Waals surface area contributed by atoms with Crippen LogP contribution in [0, 0.1) is 11.3 Å². The zero-order valence-electron chi connectivity index (χ0n) is 12.0. The van der Waals surface area contributed by atoms with E-state index in [2.05, 4.69) is 4.98 Å². The van der Waals surface area contributed by atoms with Gasteiger partial charge in [0, 0.05) is 0 Å². The molecule has 0 saturated heterocycles. The summed E-state index contributed by atoms with van der Waals surface area (Å²) in [6, 6.07) is 17.8. The van der Waals surface area contributed by atoms with Crippen LogP contribution >= 0.6 is 0 Å². The van der Waals surface area contributed by atoms with Crippen molar-refractivity contribution in [3.63, 3.8) is 0 Å². The first-order valence-electron chi connectivity index (χ1n) is 7.12. The average Bonchev–Trinajstić information content (AvgIpc) is 2.87. The summed E-state index contributed by atoms with van der Waals surface area (Å²) in [5.74, 6) is 0.129. The number of hydrogen-bond donors (Lipinski definition) is 1. The summed E-state index contributed by atoms with van der Waals surface area (Å²) in [5, 5.41) is 20.4. The molecule has 0 fully saturated rings. The van der Waals surface area contributed by atoms with Crippen LogP contribution in [-0.2, 0) is 0 Å². The first kappa shape index (κ1) is 13.3. The number of benzene rings is 2. The number of para-hydroxylation sites is 1. The van der Waals surface area contributed by atoms with Crippen molar-refractivity contribution in [2.24, 2.45) is 0 Å². The van der Waals surface area contributed by atoms with Gasteiger partial charge in [0.15, 0.2) is 5.82 Å². The summed E-state index contributed by atoms with van der Waals surface area (Å²) < 4.78 is 1.75. The minimum Gasteiger partial charge on any atom is -0.508 e. The largest absolute Gasteiger partial charge is 0.508 e. The molecular weight excluding hydrogens is 290 g/mol. The van der Waals surface area contributed by atoms with Gasteiger partial charge in [0.1, 0.15) is 23.4 Å². The van der Waals surface area contributed by atoms with Gasteiger partial charge in [-0.05, 0) is 17.7 Å². The van der Waals surface area contributed by atoms with E-state index < -0.39 is 11.6 Å². The lowest BCUT2D eigenvalue weighted by atomic mass is 10.0. The van der Waals surface area contributed by atoms with E-state index in [9.17, 15) is 15.2 Å². The second kappa shape index (κ2) is 4.82. The normalized spacial score (nSPS) is 16.4. The fraction of sp³-hybridized carbons (Fsp3) is 0.0556. The highest BCUT2D eigenvalue weighted by atomic mass is 16.3. The molecule has 5 nitrogen and oxygen atoms in total. The van der Waals surface area contributed by atoms with Crippen LogP contribution in [0.4, 0.5) is 0 Å². The van der Waals surface area contributed by atoms with Crippen LogP contribution in [0.2, 0.25) is 0 Å². The van der Waals surface area contributed by atoms with E-state index in [0.29, 0.717) is 10.9 Å². The van der Waals surface area contributed by atoms with Crippen molar-refractivity contribution >= 4 is 16.5 Å². The van der Waals surface area contributed by atoms with Gasteiger partial charge in [-0.1, -0.05) is 42.5 Å². The highest BCUT2D eigenvalue weighted by Gasteiger charge is 2.34. The Morgan fingerprint density at radius 3 is 2.52 bits per heavy atom. The summed E-state index contributed by atoms with van der Waals surface area (Å²) in [5.41, 5.74) is 1.11. The number of hydrogen-bond acceptors (Lipinski definition) is 4. The second-order valence-electron chi connectivity index (χ2n) is 5.31. The van der Waals surface area contributed by atoms with E-state index in [1.165, 1.54) is 0 Å². The molecule has 2 heterocycles. The Hall–Kier alpha value is -3.39. The number of aliphatic hydroxyl groups is 1. The lowest BCUT2D eigenvalue weighted by Gasteiger charge is -2.18. The third-order valence-corrected chi connectivity index (χ3v) is 4.05. The first-order chi connectivity index (χ1) is 11.2. The lowest BCUT2D eigenvalue weighted by Crippen LogP contribution is -2.18. The molecule has 0 unspecified atom stereocenters. The smallest absolute Gasteiger partial charge is 0.281 e. The Morgan fingerprint density at radius 2 is 1.78 bits per heavy atom. The standard InChI is InChI=1S/C18H11N3O2/c19-10-13-16(22)15(11-6-2-1-3-7-11)21-14-9-5-4-8-12(14)18(23)20-17(13)21/h1-9,15,22H/t15-/m1/s1.